The van der Waals surface area contributed by atoms with Gasteiger partial charge in [-0.1, -0.05) is 184 Å². The number of alkyl halides is 1. The largest absolute Gasteiger partial charge is 0.481 e. The van der Waals surface area contributed by atoms with Crippen molar-refractivity contribution >= 4 is 182 Å². The van der Waals surface area contributed by atoms with Crippen LogP contribution in [-0.2, 0) is 41.8 Å². The number of H-pyrrole nitrogens is 1. The van der Waals surface area contributed by atoms with Gasteiger partial charge in [0.15, 0.2) is 24.0 Å². The summed E-state index contributed by atoms with van der Waals surface area (Å²) in [4.78, 5) is 95.7. The van der Waals surface area contributed by atoms with Crippen LogP contribution in [0.5, 0.6) is 0 Å². The third-order valence-electron chi connectivity index (χ3n) is 10.2. The Morgan fingerprint density at radius 1 is 0.527 bits per heavy atom. The summed E-state index contributed by atoms with van der Waals surface area (Å²) in [6.45, 7) is 9.21. The normalized spacial score (nSPS) is 9.60. The molecule has 8 N–H and O–H groups in total. The molecule has 0 saturated carbocycles. The number of ether oxygens (including phenoxy) is 3. The number of carbonyl (C=O) groups is 8. The van der Waals surface area contributed by atoms with Gasteiger partial charge in [-0.15, -0.1) is 0 Å². The van der Waals surface area contributed by atoms with E-state index in [-0.39, 0.29) is 99.8 Å². The van der Waals surface area contributed by atoms with E-state index in [9.17, 15) is 33.6 Å². The van der Waals surface area contributed by atoms with E-state index in [1.165, 1.54) is 10.5 Å². The van der Waals surface area contributed by atoms with Crippen molar-refractivity contribution in [2.45, 2.75) is 111 Å². The second-order valence-electron chi connectivity index (χ2n) is 17.2. The summed E-state index contributed by atoms with van der Waals surface area (Å²) in [5.41, 5.74) is 5.75. The van der Waals surface area contributed by atoms with E-state index in [1.807, 2.05) is 140 Å². The van der Waals surface area contributed by atoms with Gasteiger partial charge in [0.25, 0.3) is 5.97 Å². The Hall–Kier alpha value is -5.19. The maximum absolute atomic E-state index is 12.0. The van der Waals surface area contributed by atoms with Crippen molar-refractivity contribution in [2.24, 2.45) is 5.92 Å². The number of hydrogen-bond acceptors (Lipinski definition) is 13. The Bertz CT molecular complexity index is 3110. The highest BCUT2D eigenvalue weighted by atomic mass is 127. The zero-order valence-corrected chi connectivity index (χ0v) is 60.2. The fourth-order valence-electron chi connectivity index (χ4n) is 5.72. The molecule has 504 valence electrons. The molecular weight excluding hydrogens is 1820 g/mol. The number of benzene rings is 6. The highest BCUT2D eigenvalue weighted by molar-refractivity contribution is 14.1. The number of esters is 1. The minimum Gasteiger partial charge on any atom is -0.481 e. The summed E-state index contributed by atoms with van der Waals surface area (Å²) in [7, 11) is 0. The van der Waals surface area contributed by atoms with E-state index in [0.717, 1.165) is 51.1 Å². The van der Waals surface area contributed by atoms with E-state index < -0.39 is 36.1 Å². The molecule has 2 atom stereocenters. The molecule has 1 heterocycles. The van der Waals surface area contributed by atoms with Crippen LogP contribution >= 0.6 is 135 Å². The molecule has 7 aromatic rings. The van der Waals surface area contributed by atoms with Crippen molar-refractivity contribution < 1.29 is 62.8 Å². The van der Waals surface area contributed by atoms with Crippen LogP contribution in [0.25, 0.3) is 11.3 Å². The fraction of sp³-hybridized carbons (Fsp3) is 0.288. The number of alkyl carbamates (subject to hydrolysis) is 2. The van der Waals surface area contributed by atoms with Crippen molar-refractivity contribution in [2.75, 3.05) is 11.9 Å². The number of imidazole rings is 1. The quantitative estimate of drug-likeness (QED) is 0.0172. The molecule has 0 spiro atoms. The first kappa shape index (κ1) is 99.4. The summed E-state index contributed by atoms with van der Waals surface area (Å²) in [6, 6.07) is 47.7. The number of carbonyl (C=O) groups excluding carboxylic acids is 6. The number of nitrogens with one attached hydrogen (secondary N) is 3. The molecule has 0 radical (unpaired) electrons. The lowest BCUT2D eigenvalue weighted by Crippen LogP contribution is -2.40. The van der Waals surface area contributed by atoms with Gasteiger partial charge in [0.1, 0.15) is 25.1 Å². The Morgan fingerprint density at radius 3 is 1.22 bits per heavy atom. The van der Waals surface area contributed by atoms with E-state index in [0.29, 0.717) is 16.7 Å². The lowest BCUT2D eigenvalue weighted by molar-refractivity contribution is -0.144. The Labute approximate surface area is 617 Å². The van der Waals surface area contributed by atoms with Gasteiger partial charge in [0.05, 0.1) is 29.2 Å². The van der Waals surface area contributed by atoms with Crippen LogP contribution in [0.1, 0.15) is 140 Å². The lowest BCUT2D eigenvalue weighted by Gasteiger charge is -2.13. The zero-order valence-electron chi connectivity index (χ0n) is 46.8. The number of aliphatic carboxylic acids is 2. The smallest absolute Gasteiger partial charge is 0.408 e. The average Bonchev–Trinajstić information content (AvgIpc) is 2.35. The number of ketones is 3. The molecule has 91 heavy (non-hydrogen) atoms. The molecule has 0 saturated heterocycles. The van der Waals surface area contributed by atoms with E-state index in [4.69, 9.17) is 29.2 Å². The van der Waals surface area contributed by atoms with Crippen LogP contribution in [0.15, 0.2) is 164 Å². The monoisotopic (exact) mass is 1900 g/mol. The second-order valence-corrected chi connectivity index (χ2v) is 22.8. The highest BCUT2D eigenvalue weighted by Gasteiger charge is 2.20. The number of rotatable bonds is 16. The predicted molar refractivity (Wildman–Crippen MR) is 414 cm³/mol. The molecule has 0 bridgehead atoms. The van der Waals surface area contributed by atoms with Gasteiger partial charge < -0.3 is 46.2 Å². The first-order valence-electron chi connectivity index (χ1n) is 24.8. The van der Waals surface area contributed by atoms with Gasteiger partial charge in [-0.05, 0) is 176 Å². The number of carboxylic acids is 2. The molecule has 18 nitrogen and oxygen atoms in total. The van der Waals surface area contributed by atoms with Gasteiger partial charge in [0.2, 0.25) is 0 Å². The number of amides is 2. The maximum Gasteiger partial charge on any atom is 0.408 e. The van der Waals surface area contributed by atoms with Gasteiger partial charge in [-0.3, -0.25) is 24.0 Å². The molecule has 0 unspecified atom stereocenters. The minimum absolute atomic E-state index is 0. The number of aromatic nitrogens is 2. The Kier molecular flexibility index (Phi) is 62.8. The van der Waals surface area contributed by atoms with Gasteiger partial charge in [-0.2, -0.15) is 0 Å². The molecule has 0 aliphatic heterocycles. The minimum atomic E-state index is -0.928. The predicted octanol–water partition coefficient (Wildman–Crippen LogP) is 19.9. The van der Waals surface area contributed by atoms with E-state index >= 15 is 0 Å². The summed E-state index contributed by atoms with van der Waals surface area (Å²) in [5.74, 6) is -1.89. The molecule has 2 amide bonds. The molecule has 1 aromatic heterocycles. The zero-order chi connectivity index (χ0) is 63.1. The fourth-order valence-corrected chi connectivity index (χ4v) is 7.48. The number of nitrogens with zero attached hydrogens (tertiary/aromatic N) is 1. The molecule has 6 aromatic carbocycles. The third-order valence-corrected chi connectivity index (χ3v) is 13.5. The van der Waals surface area contributed by atoms with Crippen LogP contribution in [0.3, 0.4) is 0 Å². The van der Waals surface area contributed by atoms with Crippen molar-refractivity contribution in [3.8, 4) is 11.3 Å². The van der Waals surface area contributed by atoms with Gasteiger partial charge in [0, 0.05) is 66.2 Å². The first-order chi connectivity index (χ1) is 39.9. The second kappa shape index (κ2) is 57.5. The van der Waals surface area contributed by atoms with Crippen molar-refractivity contribution in [3.05, 3.63) is 212 Å². The molecule has 0 aliphatic carbocycles. The van der Waals surface area contributed by atoms with Crippen molar-refractivity contribution in [3.63, 3.8) is 0 Å². The lowest BCUT2D eigenvalue weighted by atomic mass is 10.1. The Morgan fingerprint density at radius 2 is 0.868 bits per heavy atom. The number of carboxylic acid groups (broad SMARTS) is 2. The maximum atomic E-state index is 12.0. The van der Waals surface area contributed by atoms with Crippen molar-refractivity contribution in [1.29, 1.82) is 0 Å². The van der Waals surface area contributed by atoms with E-state index in [2.05, 4.69) is 155 Å². The summed E-state index contributed by atoms with van der Waals surface area (Å²) < 4.78 is 19.7. The summed E-state index contributed by atoms with van der Waals surface area (Å²) in [5, 5.41) is 21.0. The topological polar surface area (TPSA) is 292 Å². The van der Waals surface area contributed by atoms with Crippen LogP contribution < -0.4 is 16.8 Å². The van der Waals surface area contributed by atoms with Crippen LogP contribution in [0.2, 0.25) is 0 Å². The number of aromatic amines is 1. The standard InChI is InChI=1S/C19H18IN3O2.C19H18INO5.C8H6BrIO.C8H7IO.C4H8O2.C2H4O2.6CH4.Br2.H3N/c1-13(22-19(24)25-12-14-5-3-2-4-6-14)18-21-11-17(23-18)15-7-9-16(20)10-8-15;1-13(21-19(24)26-11-14-5-3-2-4-6-14)18(23)25-12-17(22)15-7-9-16(20)10-8-15;9-5-8(11)6-1-3-7(10)4-2-6;1-6(10)7-2-4-8(9)5-3-7;1-3(2)4(5)6;1-2(3)4;;;;;;;1-2;/h2-11,13H,12H2,1H3,(H,21,23)(H,22,24);2-10,13H,11-12H2,1H3,(H,21,24);1-4H,5H2;2-5H,1H3;3H,1-2H3,(H,5,6);1H3,(H,3,4);6*1H4;;1H3/t2*13-;;;;;;;;;;;;/m00............/s1. The van der Waals surface area contributed by atoms with Gasteiger partial charge in [-0.25, -0.2) is 19.4 Å². The molecular formula is C66H88Br3I4N5O13. The first-order valence-corrected chi connectivity index (χ1v) is 33.9. The average molecular weight is 1910 g/mol. The van der Waals surface area contributed by atoms with Crippen LogP contribution in [0, 0.1) is 20.2 Å². The number of Topliss-reactive ketones (excluding diaryl/α,β-unsaturated/α-hetero) is 3. The van der Waals surface area contributed by atoms with Gasteiger partial charge >= 0.3 is 24.1 Å². The SMILES string of the molecule is BrBr.C.C.C.C.C.C.CC(=O)O.CC(=O)c1ccc(I)cc1.CC(C)C(=O)O.C[C@H](NC(=O)OCc1ccccc1)C(=O)OCC(=O)c1ccc(I)cc1.C[C@H](NC(=O)OCc1ccccc1)c1ncc(-c2ccc(I)cc2)[nH]1.N.O=C(CBr)c1ccc(I)cc1. The van der Waals surface area contributed by atoms with Crippen LogP contribution in [-0.4, -0.2) is 85.6 Å². The van der Waals surface area contributed by atoms with Crippen LogP contribution in [0.4, 0.5) is 9.59 Å². The summed E-state index contributed by atoms with van der Waals surface area (Å²) >= 11 is 17.4. The summed E-state index contributed by atoms with van der Waals surface area (Å²) in [6.07, 6.45) is 0.566. The third kappa shape index (κ3) is 45.7. The Balaban J connectivity index is -0.000000200. The molecule has 7 rings (SSSR count). The molecule has 0 aliphatic rings. The number of halogens is 7. The number of hydrogen-bond donors (Lipinski definition) is 6. The van der Waals surface area contributed by atoms with E-state index in [1.54, 1.807) is 51.2 Å². The van der Waals surface area contributed by atoms with Crippen molar-refractivity contribution in [1.82, 2.24) is 26.8 Å². The highest BCUT2D eigenvalue weighted by Crippen LogP contribution is 2.21. The molecule has 25 heteroatoms. The molecule has 0 fully saturated rings.